The van der Waals surface area contributed by atoms with Crippen molar-refractivity contribution in [1.29, 1.82) is 0 Å². The number of nitrogens with zero attached hydrogens (tertiary/aromatic N) is 1. The Labute approximate surface area is 169 Å². The highest BCUT2D eigenvalue weighted by Crippen LogP contribution is 2.64. The summed E-state index contributed by atoms with van der Waals surface area (Å²) in [6, 6.07) is 3.70. The van der Waals surface area contributed by atoms with Crippen LogP contribution in [0.15, 0.2) is 17.3 Å². The second-order valence-electron chi connectivity index (χ2n) is 10.2. The Balaban J connectivity index is 1.86. The summed E-state index contributed by atoms with van der Waals surface area (Å²) in [5.41, 5.74) is 2.35. The van der Waals surface area contributed by atoms with Crippen LogP contribution in [-0.2, 0) is 5.41 Å². The Bertz CT molecular complexity index is 727. The molecule has 3 aliphatic rings. The quantitative estimate of drug-likeness (QED) is 0.291. The minimum atomic E-state index is -0.0909. The van der Waals surface area contributed by atoms with Crippen molar-refractivity contribution in [3.8, 4) is 11.5 Å². The molecule has 3 fully saturated rings. The van der Waals surface area contributed by atoms with Gasteiger partial charge >= 0.3 is 0 Å². The van der Waals surface area contributed by atoms with Crippen LogP contribution in [0.3, 0.4) is 0 Å². The van der Waals surface area contributed by atoms with Crippen LogP contribution in [0.5, 0.6) is 11.5 Å². The van der Waals surface area contributed by atoms with Gasteiger partial charge in [-0.15, -0.1) is 0 Å². The molecule has 3 saturated carbocycles. The van der Waals surface area contributed by atoms with E-state index in [1.165, 1.54) is 19.3 Å². The Morgan fingerprint density at radius 3 is 2.29 bits per heavy atom. The fourth-order valence-electron chi connectivity index (χ4n) is 5.66. The highest BCUT2D eigenvalue weighted by molar-refractivity contribution is 5.90. The van der Waals surface area contributed by atoms with Crippen LogP contribution >= 0.6 is 0 Å². The Morgan fingerprint density at radius 1 is 1.11 bits per heavy atom. The van der Waals surface area contributed by atoms with Crippen molar-refractivity contribution in [3.63, 3.8) is 0 Å². The third-order valence-corrected chi connectivity index (χ3v) is 7.73. The van der Waals surface area contributed by atoms with Gasteiger partial charge in [-0.05, 0) is 59.6 Å². The molecule has 0 heterocycles. The van der Waals surface area contributed by atoms with Crippen molar-refractivity contribution in [1.82, 2.24) is 0 Å². The second kappa shape index (κ2) is 7.61. The fourth-order valence-corrected chi connectivity index (χ4v) is 5.66. The SMILES string of the molecule is CCCCCCC(C)(C)c1cc(O)c([C@H]2C/C(=N/O)[C@@H]3C[C@H]2C3(C)C)c(O)c1. The number of phenols is 2. The lowest BCUT2D eigenvalue weighted by atomic mass is 9.44. The van der Waals surface area contributed by atoms with Crippen LogP contribution < -0.4 is 0 Å². The molecule has 2 bridgehead atoms. The number of aromatic hydroxyl groups is 2. The number of rotatable bonds is 7. The van der Waals surface area contributed by atoms with E-state index < -0.39 is 0 Å². The van der Waals surface area contributed by atoms with E-state index in [9.17, 15) is 15.4 Å². The topological polar surface area (TPSA) is 73.1 Å². The van der Waals surface area contributed by atoms with Gasteiger partial charge in [0.15, 0.2) is 0 Å². The molecule has 0 amide bonds. The molecule has 0 radical (unpaired) electrons. The van der Waals surface area contributed by atoms with E-state index in [0.717, 1.165) is 30.5 Å². The van der Waals surface area contributed by atoms with Crippen molar-refractivity contribution < 1.29 is 15.4 Å². The molecule has 1 aromatic rings. The highest BCUT2D eigenvalue weighted by Gasteiger charge is 2.58. The molecule has 0 aliphatic heterocycles. The van der Waals surface area contributed by atoms with Crippen LogP contribution in [0.2, 0.25) is 0 Å². The van der Waals surface area contributed by atoms with Crippen molar-refractivity contribution in [3.05, 3.63) is 23.3 Å². The van der Waals surface area contributed by atoms with Crippen LogP contribution in [0.1, 0.15) is 96.6 Å². The summed E-state index contributed by atoms with van der Waals surface area (Å²) in [4.78, 5) is 0. The third-order valence-electron chi connectivity index (χ3n) is 7.73. The summed E-state index contributed by atoms with van der Waals surface area (Å²) in [6.45, 7) is 11.0. The summed E-state index contributed by atoms with van der Waals surface area (Å²) in [6.07, 6.45) is 7.44. The number of unbranched alkanes of at least 4 members (excludes halogenated alkanes) is 3. The first-order chi connectivity index (χ1) is 13.1. The molecule has 1 aromatic carbocycles. The molecule has 0 spiro atoms. The average Bonchev–Trinajstić information content (AvgIpc) is 2.64. The molecule has 3 N–H and O–H groups in total. The molecule has 0 aromatic heterocycles. The maximum atomic E-state index is 10.9. The smallest absolute Gasteiger partial charge is 0.123 e. The summed E-state index contributed by atoms with van der Waals surface area (Å²) >= 11 is 0. The van der Waals surface area contributed by atoms with Gasteiger partial charge in [0.05, 0.1) is 5.71 Å². The molecule has 0 saturated heterocycles. The average molecular weight is 388 g/mol. The Morgan fingerprint density at radius 2 is 1.75 bits per heavy atom. The minimum Gasteiger partial charge on any atom is -0.508 e. The second-order valence-corrected chi connectivity index (χ2v) is 10.2. The van der Waals surface area contributed by atoms with Crippen molar-refractivity contribution in [2.24, 2.45) is 22.4 Å². The summed E-state index contributed by atoms with van der Waals surface area (Å²) in [7, 11) is 0. The van der Waals surface area contributed by atoms with Gasteiger partial charge in [0, 0.05) is 11.5 Å². The maximum Gasteiger partial charge on any atom is 0.123 e. The summed E-state index contributed by atoms with van der Waals surface area (Å²) in [5, 5.41) is 34.8. The van der Waals surface area contributed by atoms with Gasteiger partial charge < -0.3 is 15.4 Å². The summed E-state index contributed by atoms with van der Waals surface area (Å²) in [5.74, 6) is 1.05. The summed E-state index contributed by atoms with van der Waals surface area (Å²) < 4.78 is 0. The maximum absolute atomic E-state index is 10.9. The lowest BCUT2D eigenvalue weighted by Crippen LogP contribution is -2.56. The van der Waals surface area contributed by atoms with Crippen LogP contribution in [0, 0.1) is 17.3 Å². The van der Waals surface area contributed by atoms with E-state index in [1.54, 1.807) is 0 Å². The predicted octanol–water partition coefficient (Wildman–Crippen LogP) is 6.33. The monoisotopic (exact) mass is 387 g/mol. The molecule has 28 heavy (non-hydrogen) atoms. The molecule has 156 valence electrons. The van der Waals surface area contributed by atoms with Gasteiger partial charge in [-0.25, -0.2) is 0 Å². The zero-order valence-electron chi connectivity index (χ0n) is 18.1. The standard InChI is InChI=1S/C24H37NO3/c1-6-7-8-9-10-23(2,3)15-11-20(26)22(21(27)12-15)16-13-19(25-28)18-14-17(16)24(18,4)5/h11-12,16-18,26-28H,6-10,13-14H2,1-5H3/b25-19-/t16-,17+,18-/m0/s1. The largest absolute Gasteiger partial charge is 0.508 e. The van der Waals surface area contributed by atoms with Crippen molar-refractivity contribution in [2.75, 3.05) is 0 Å². The van der Waals surface area contributed by atoms with E-state index >= 15 is 0 Å². The molecule has 4 rings (SSSR count). The van der Waals surface area contributed by atoms with Crippen LogP contribution in [0.25, 0.3) is 0 Å². The normalized spacial score (nSPS) is 27.6. The lowest BCUT2D eigenvalue weighted by Gasteiger charge is -2.60. The number of benzene rings is 1. The van der Waals surface area contributed by atoms with Crippen molar-refractivity contribution >= 4 is 5.71 Å². The molecule has 3 aliphatic carbocycles. The van der Waals surface area contributed by atoms with Crippen LogP contribution in [-0.4, -0.2) is 21.1 Å². The molecule has 4 heteroatoms. The molecule has 4 nitrogen and oxygen atoms in total. The molecular weight excluding hydrogens is 350 g/mol. The molecule has 0 unspecified atom stereocenters. The van der Waals surface area contributed by atoms with Gasteiger partial charge in [-0.1, -0.05) is 65.5 Å². The minimum absolute atomic E-state index is 0.00684. The Kier molecular flexibility index (Phi) is 5.71. The van der Waals surface area contributed by atoms with E-state index in [4.69, 9.17) is 0 Å². The van der Waals surface area contributed by atoms with Gasteiger partial charge in [0.2, 0.25) is 0 Å². The zero-order valence-corrected chi connectivity index (χ0v) is 18.1. The first-order valence-corrected chi connectivity index (χ1v) is 10.9. The Hall–Kier alpha value is -1.71. The number of hydrogen-bond donors (Lipinski definition) is 3. The number of fused-ring (bicyclic) bond motifs is 2. The van der Waals surface area contributed by atoms with Gasteiger partial charge in [0.1, 0.15) is 11.5 Å². The fraction of sp³-hybridized carbons (Fsp3) is 0.708. The van der Waals surface area contributed by atoms with Gasteiger partial charge in [-0.2, -0.15) is 0 Å². The van der Waals surface area contributed by atoms with Gasteiger partial charge in [-0.3, -0.25) is 0 Å². The highest BCUT2D eigenvalue weighted by atomic mass is 16.4. The molecular formula is C24H37NO3. The van der Waals surface area contributed by atoms with E-state index in [-0.39, 0.29) is 28.2 Å². The van der Waals surface area contributed by atoms with Gasteiger partial charge in [0.25, 0.3) is 0 Å². The van der Waals surface area contributed by atoms with Crippen molar-refractivity contribution in [2.45, 2.75) is 90.9 Å². The number of hydrogen-bond acceptors (Lipinski definition) is 4. The lowest BCUT2D eigenvalue weighted by molar-refractivity contribution is -0.0182. The first-order valence-electron chi connectivity index (χ1n) is 10.9. The number of phenolic OH excluding ortho intramolecular Hbond substituents is 2. The van der Waals surface area contributed by atoms with E-state index in [1.807, 2.05) is 12.1 Å². The van der Waals surface area contributed by atoms with Crippen LogP contribution in [0.4, 0.5) is 0 Å². The van der Waals surface area contributed by atoms with E-state index in [2.05, 4.69) is 39.8 Å². The number of oxime groups is 1. The predicted molar refractivity (Wildman–Crippen MR) is 114 cm³/mol. The van der Waals surface area contributed by atoms with E-state index in [0.29, 0.717) is 23.8 Å². The first kappa shape index (κ1) is 21.0. The zero-order chi connectivity index (χ0) is 20.7. The molecule has 3 atom stereocenters. The third kappa shape index (κ3) is 3.51.